The number of benzene rings is 2. The second-order valence-electron chi connectivity index (χ2n) is 7.76. The summed E-state index contributed by atoms with van der Waals surface area (Å²) in [6.07, 6.45) is 2.38. The van der Waals surface area contributed by atoms with Gasteiger partial charge >= 0.3 is 6.03 Å². The molecule has 32 heavy (non-hydrogen) atoms. The molecular formula is C22H30N6O3S. The molecule has 2 aromatic carbocycles. The number of primary sulfonamides is 1. The van der Waals surface area contributed by atoms with E-state index >= 15 is 0 Å². The zero-order valence-electron chi connectivity index (χ0n) is 18.2. The number of nitrogens with one attached hydrogen (secondary N) is 3. The predicted octanol–water partition coefficient (Wildman–Crippen LogP) is 2.72. The number of carbonyl (C=O) groups is 1. The Morgan fingerprint density at radius 1 is 1.03 bits per heavy atom. The second-order valence-corrected chi connectivity index (χ2v) is 9.32. The fraction of sp³-hybridized carbons (Fsp3) is 0.364. The lowest BCUT2D eigenvalue weighted by Crippen LogP contribution is -2.48. The molecule has 9 nitrogen and oxygen atoms in total. The summed E-state index contributed by atoms with van der Waals surface area (Å²) in [6.45, 7) is 6.83. The van der Waals surface area contributed by atoms with E-state index in [1.54, 1.807) is 18.2 Å². The maximum atomic E-state index is 12.3. The van der Waals surface area contributed by atoms with Gasteiger partial charge in [0.15, 0.2) is 0 Å². The van der Waals surface area contributed by atoms with E-state index in [1.165, 1.54) is 37.1 Å². The normalized spacial score (nSPS) is 14.8. The second kappa shape index (κ2) is 10.6. The number of carbonyl (C=O) groups excluding carboxylic acids is 1. The van der Waals surface area contributed by atoms with Crippen LogP contribution in [0, 0.1) is 5.41 Å². The Hall–Kier alpha value is -2.95. The van der Waals surface area contributed by atoms with Crippen LogP contribution in [0.5, 0.6) is 0 Å². The van der Waals surface area contributed by atoms with Crippen LogP contribution in [0.4, 0.5) is 16.2 Å². The average Bonchev–Trinajstić information content (AvgIpc) is 2.77. The Kier molecular flexibility index (Phi) is 7.84. The van der Waals surface area contributed by atoms with Gasteiger partial charge in [-0.3, -0.25) is 10.3 Å². The molecule has 172 valence electrons. The van der Waals surface area contributed by atoms with Crippen molar-refractivity contribution in [2.45, 2.75) is 24.7 Å². The SMILES string of the molecule is CCCCN1CCN(C(=N)c2cccc(NC(=O)Nc3ccc(S(N)(=O)=O)cc3)c2)CC1. The van der Waals surface area contributed by atoms with Crippen LogP contribution in [0.15, 0.2) is 53.4 Å². The number of amides is 2. The number of hydrogen-bond donors (Lipinski definition) is 4. The van der Waals surface area contributed by atoms with Crippen molar-refractivity contribution in [3.05, 3.63) is 54.1 Å². The van der Waals surface area contributed by atoms with Crippen LogP contribution in [0.1, 0.15) is 25.3 Å². The molecule has 2 amide bonds. The minimum absolute atomic E-state index is 0.0270. The number of piperazine rings is 1. The van der Waals surface area contributed by atoms with Crippen LogP contribution >= 0.6 is 0 Å². The van der Waals surface area contributed by atoms with Gasteiger partial charge in [0.25, 0.3) is 0 Å². The van der Waals surface area contributed by atoms with Crippen LogP contribution in [0.3, 0.4) is 0 Å². The summed E-state index contributed by atoms with van der Waals surface area (Å²) in [5.74, 6) is 0.447. The molecule has 1 aliphatic heterocycles. The van der Waals surface area contributed by atoms with Gasteiger partial charge in [-0.1, -0.05) is 25.5 Å². The largest absolute Gasteiger partial charge is 0.354 e. The fourth-order valence-electron chi connectivity index (χ4n) is 3.53. The molecule has 3 rings (SSSR count). The first-order valence-corrected chi connectivity index (χ1v) is 12.2. The van der Waals surface area contributed by atoms with Crippen molar-refractivity contribution >= 4 is 33.3 Å². The molecule has 5 N–H and O–H groups in total. The number of anilines is 2. The van der Waals surface area contributed by atoms with Gasteiger partial charge in [0.05, 0.1) is 4.90 Å². The van der Waals surface area contributed by atoms with Gasteiger partial charge in [-0.2, -0.15) is 0 Å². The molecule has 1 saturated heterocycles. The number of rotatable bonds is 7. The maximum absolute atomic E-state index is 12.3. The minimum atomic E-state index is -3.78. The van der Waals surface area contributed by atoms with Gasteiger partial charge in [0.2, 0.25) is 10.0 Å². The molecule has 0 aromatic heterocycles. The third-order valence-corrected chi connectivity index (χ3v) is 6.28. The summed E-state index contributed by atoms with van der Waals surface area (Å²) >= 11 is 0. The Labute approximate surface area is 189 Å². The smallest absolute Gasteiger partial charge is 0.323 e. The van der Waals surface area contributed by atoms with E-state index in [4.69, 9.17) is 10.5 Å². The predicted molar refractivity (Wildman–Crippen MR) is 127 cm³/mol. The number of nitrogens with two attached hydrogens (primary N) is 1. The first kappa shape index (κ1) is 23.7. The van der Waals surface area contributed by atoms with Crippen LogP contribution < -0.4 is 15.8 Å². The average molecular weight is 459 g/mol. The number of unbranched alkanes of at least 4 members (excludes halogenated alkanes) is 1. The molecule has 1 fully saturated rings. The Morgan fingerprint density at radius 3 is 2.31 bits per heavy atom. The Balaban J connectivity index is 1.56. The Bertz CT molecular complexity index is 1050. The first-order valence-electron chi connectivity index (χ1n) is 10.6. The van der Waals surface area contributed by atoms with E-state index in [9.17, 15) is 13.2 Å². The number of amidine groups is 1. The number of hydrogen-bond acceptors (Lipinski definition) is 5. The zero-order chi connectivity index (χ0) is 23.1. The molecule has 0 radical (unpaired) electrons. The maximum Gasteiger partial charge on any atom is 0.323 e. The summed E-state index contributed by atoms with van der Waals surface area (Å²) in [5.41, 5.74) is 1.73. The highest BCUT2D eigenvalue weighted by molar-refractivity contribution is 7.89. The van der Waals surface area contributed by atoms with Crippen LogP contribution in [0.25, 0.3) is 0 Å². The quantitative estimate of drug-likeness (QED) is 0.374. The molecule has 0 aliphatic carbocycles. The van der Waals surface area contributed by atoms with Gasteiger partial charge in [-0.25, -0.2) is 18.4 Å². The van der Waals surface area contributed by atoms with Crippen molar-refractivity contribution in [1.82, 2.24) is 9.80 Å². The van der Waals surface area contributed by atoms with E-state index in [1.807, 2.05) is 6.07 Å². The zero-order valence-corrected chi connectivity index (χ0v) is 19.0. The van der Waals surface area contributed by atoms with Crippen LogP contribution in [-0.2, 0) is 10.0 Å². The minimum Gasteiger partial charge on any atom is -0.354 e. The molecule has 0 unspecified atom stereocenters. The highest BCUT2D eigenvalue weighted by atomic mass is 32.2. The van der Waals surface area contributed by atoms with Crippen molar-refractivity contribution in [3.63, 3.8) is 0 Å². The molecule has 0 spiro atoms. The van der Waals surface area contributed by atoms with Crippen LogP contribution in [-0.4, -0.2) is 62.8 Å². The summed E-state index contributed by atoms with van der Waals surface area (Å²) in [5, 5.41) is 19.0. The standard InChI is InChI=1S/C22H30N6O3S/c1-2-3-11-27-12-14-28(15-13-27)21(23)17-5-4-6-19(16-17)26-22(29)25-18-7-9-20(10-8-18)32(24,30)31/h4-10,16,23H,2-3,11-15H2,1H3,(H2,24,30,31)(H2,25,26,29). The van der Waals surface area contributed by atoms with Crippen molar-refractivity contribution in [3.8, 4) is 0 Å². The summed E-state index contributed by atoms with van der Waals surface area (Å²) in [4.78, 5) is 16.8. The van der Waals surface area contributed by atoms with Crippen molar-refractivity contribution < 1.29 is 13.2 Å². The molecular weight excluding hydrogens is 428 g/mol. The molecule has 0 atom stereocenters. The van der Waals surface area contributed by atoms with E-state index in [-0.39, 0.29) is 4.90 Å². The lowest BCUT2D eigenvalue weighted by molar-refractivity contribution is 0.180. The fourth-order valence-corrected chi connectivity index (χ4v) is 4.04. The van der Waals surface area contributed by atoms with Crippen molar-refractivity contribution in [1.29, 1.82) is 5.41 Å². The summed E-state index contributed by atoms with van der Waals surface area (Å²) in [7, 11) is -3.78. The Morgan fingerprint density at radius 2 is 1.69 bits per heavy atom. The lowest BCUT2D eigenvalue weighted by atomic mass is 10.1. The van der Waals surface area contributed by atoms with Gasteiger partial charge in [0, 0.05) is 43.1 Å². The number of urea groups is 1. The molecule has 10 heteroatoms. The third kappa shape index (κ3) is 6.52. The summed E-state index contributed by atoms with van der Waals surface area (Å²) in [6, 6.07) is 12.3. The third-order valence-electron chi connectivity index (χ3n) is 5.35. The van der Waals surface area contributed by atoms with Crippen molar-refractivity contribution in [2.75, 3.05) is 43.4 Å². The molecule has 1 heterocycles. The lowest BCUT2D eigenvalue weighted by Gasteiger charge is -2.36. The van der Waals surface area contributed by atoms with E-state index < -0.39 is 16.1 Å². The molecule has 2 aromatic rings. The number of sulfonamides is 1. The molecule has 1 aliphatic rings. The molecule has 0 bridgehead atoms. The molecule has 0 saturated carbocycles. The summed E-state index contributed by atoms with van der Waals surface area (Å²) < 4.78 is 22.6. The van der Waals surface area contributed by atoms with E-state index in [0.717, 1.165) is 38.3 Å². The van der Waals surface area contributed by atoms with E-state index in [0.29, 0.717) is 17.2 Å². The van der Waals surface area contributed by atoms with Crippen molar-refractivity contribution in [2.24, 2.45) is 5.14 Å². The van der Waals surface area contributed by atoms with Crippen LogP contribution in [0.2, 0.25) is 0 Å². The van der Waals surface area contributed by atoms with Gasteiger partial charge in [-0.15, -0.1) is 0 Å². The highest BCUT2D eigenvalue weighted by Crippen LogP contribution is 2.16. The van der Waals surface area contributed by atoms with Gasteiger partial charge in [-0.05, 0) is 49.4 Å². The highest BCUT2D eigenvalue weighted by Gasteiger charge is 2.19. The first-order chi connectivity index (χ1) is 15.3. The topological polar surface area (TPSA) is 132 Å². The van der Waals surface area contributed by atoms with Gasteiger partial charge in [0.1, 0.15) is 5.84 Å². The van der Waals surface area contributed by atoms with Gasteiger partial charge < -0.3 is 15.5 Å². The van der Waals surface area contributed by atoms with E-state index in [2.05, 4.69) is 27.4 Å². The number of nitrogens with zero attached hydrogens (tertiary/aromatic N) is 2. The monoisotopic (exact) mass is 458 g/mol.